The minimum absolute atomic E-state index is 0.516. The summed E-state index contributed by atoms with van der Waals surface area (Å²) >= 11 is 0. The second-order valence-electron chi connectivity index (χ2n) is 3.68. The molecule has 2 heterocycles. The Bertz CT molecular complexity index is 627. The van der Waals surface area contributed by atoms with Crippen LogP contribution < -0.4 is 0 Å². The standard InChI is InChI=1S/C12H10N4O/c1-16-8-13-7-10(16)11-14-12(17-15-11)9-5-3-2-4-6-9/h2-8H,1H3. The van der Waals surface area contributed by atoms with Crippen LogP contribution in [-0.4, -0.2) is 19.7 Å². The van der Waals surface area contributed by atoms with Gasteiger partial charge in [0.15, 0.2) is 0 Å². The molecule has 17 heavy (non-hydrogen) atoms. The Morgan fingerprint density at radius 1 is 1.18 bits per heavy atom. The van der Waals surface area contributed by atoms with Crippen molar-refractivity contribution in [3.63, 3.8) is 0 Å². The third-order valence-corrected chi connectivity index (χ3v) is 2.49. The average molecular weight is 226 g/mol. The summed E-state index contributed by atoms with van der Waals surface area (Å²) in [5, 5.41) is 3.95. The predicted octanol–water partition coefficient (Wildman–Crippen LogP) is 2.14. The van der Waals surface area contributed by atoms with Gasteiger partial charge in [-0.3, -0.25) is 0 Å². The highest BCUT2D eigenvalue weighted by atomic mass is 16.5. The molecule has 0 saturated heterocycles. The van der Waals surface area contributed by atoms with E-state index in [0.717, 1.165) is 11.3 Å². The lowest BCUT2D eigenvalue weighted by Gasteiger charge is -1.93. The van der Waals surface area contributed by atoms with Gasteiger partial charge in [-0.1, -0.05) is 23.4 Å². The van der Waals surface area contributed by atoms with E-state index in [1.165, 1.54) is 0 Å². The monoisotopic (exact) mass is 226 g/mol. The van der Waals surface area contributed by atoms with E-state index in [1.807, 2.05) is 41.9 Å². The van der Waals surface area contributed by atoms with Crippen LogP contribution in [-0.2, 0) is 7.05 Å². The van der Waals surface area contributed by atoms with Gasteiger partial charge in [0, 0.05) is 12.6 Å². The molecule has 84 valence electrons. The van der Waals surface area contributed by atoms with Crippen LogP contribution >= 0.6 is 0 Å². The molecular weight excluding hydrogens is 216 g/mol. The highest BCUT2D eigenvalue weighted by molar-refractivity contribution is 5.56. The molecule has 0 unspecified atom stereocenters. The third kappa shape index (κ3) is 1.71. The normalized spacial score (nSPS) is 10.6. The van der Waals surface area contributed by atoms with Crippen LogP contribution in [0.25, 0.3) is 23.0 Å². The molecule has 3 rings (SSSR count). The van der Waals surface area contributed by atoms with E-state index in [1.54, 1.807) is 12.5 Å². The maximum Gasteiger partial charge on any atom is 0.258 e. The predicted molar refractivity (Wildman–Crippen MR) is 61.9 cm³/mol. The highest BCUT2D eigenvalue weighted by Gasteiger charge is 2.12. The van der Waals surface area contributed by atoms with Crippen molar-refractivity contribution in [2.24, 2.45) is 7.05 Å². The first-order valence-electron chi connectivity index (χ1n) is 5.20. The lowest BCUT2D eigenvalue weighted by atomic mass is 10.2. The van der Waals surface area contributed by atoms with Crippen molar-refractivity contribution in [2.75, 3.05) is 0 Å². The fourth-order valence-corrected chi connectivity index (χ4v) is 1.60. The maximum absolute atomic E-state index is 5.23. The van der Waals surface area contributed by atoms with Crippen LogP contribution in [0.4, 0.5) is 0 Å². The van der Waals surface area contributed by atoms with Crippen molar-refractivity contribution in [1.29, 1.82) is 0 Å². The zero-order valence-corrected chi connectivity index (χ0v) is 9.24. The lowest BCUT2D eigenvalue weighted by Crippen LogP contribution is -1.90. The summed E-state index contributed by atoms with van der Waals surface area (Å²) in [5.41, 5.74) is 1.74. The van der Waals surface area contributed by atoms with Gasteiger partial charge >= 0.3 is 0 Å². The SMILES string of the molecule is Cn1cncc1-c1noc(-c2ccccc2)n1. The maximum atomic E-state index is 5.23. The fraction of sp³-hybridized carbons (Fsp3) is 0.0833. The van der Waals surface area contributed by atoms with Crippen molar-refractivity contribution >= 4 is 0 Å². The second-order valence-corrected chi connectivity index (χ2v) is 3.68. The molecule has 0 bridgehead atoms. The Hall–Kier alpha value is -2.43. The van der Waals surface area contributed by atoms with Crippen molar-refractivity contribution in [3.05, 3.63) is 42.9 Å². The van der Waals surface area contributed by atoms with Gasteiger partial charge in [0.1, 0.15) is 5.69 Å². The Morgan fingerprint density at radius 3 is 2.71 bits per heavy atom. The van der Waals surface area contributed by atoms with E-state index < -0.39 is 0 Å². The molecule has 0 saturated carbocycles. The number of aryl methyl sites for hydroxylation is 1. The first-order chi connectivity index (χ1) is 8.34. The van der Waals surface area contributed by atoms with Gasteiger partial charge in [0.25, 0.3) is 5.89 Å². The van der Waals surface area contributed by atoms with E-state index >= 15 is 0 Å². The number of hydrogen-bond acceptors (Lipinski definition) is 4. The number of nitrogens with zero attached hydrogens (tertiary/aromatic N) is 4. The van der Waals surface area contributed by atoms with Crippen LogP contribution in [0.3, 0.4) is 0 Å². The van der Waals surface area contributed by atoms with Gasteiger partial charge < -0.3 is 9.09 Å². The van der Waals surface area contributed by atoms with Gasteiger partial charge in [-0.2, -0.15) is 4.98 Å². The zero-order chi connectivity index (χ0) is 11.7. The van der Waals surface area contributed by atoms with Gasteiger partial charge in [-0.05, 0) is 12.1 Å². The Morgan fingerprint density at radius 2 is 2.00 bits per heavy atom. The van der Waals surface area contributed by atoms with Crippen molar-refractivity contribution in [2.45, 2.75) is 0 Å². The molecule has 0 aliphatic carbocycles. The molecule has 2 aromatic heterocycles. The summed E-state index contributed by atoms with van der Waals surface area (Å²) in [5.74, 6) is 1.06. The Balaban J connectivity index is 2.02. The molecule has 5 nitrogen and oxygen atoms in total. The molecule has 3 aromatic rings. The minimum Gasteiger partial charge on any atom is -0.334 e. The summed E-state index contributed by atoms with van der Waals surface area (Å²) in [6.07, 6.45) is 3.41. The molecule has 0 aliphatic heterocycles. The third-order valence-electron chi connectivity index (χ3n) is 2.49. The lowest BCUT2D eigenvalue weighted by molar-refractivity contribution is 0.432. The van der Waals surface area contributed by atoms with Crippen LogP contribution in [0, 0.1) is 0 Å². The van der Waals surface area contributed by atoms with Crippen LogP contribution in [0.2, 0.25) is 0 Å². The van der Waals surface area contributed by atoms with Crippen LogP contribution in [0.5, 0.6) is 0 Å². The zero-order valence-electron chi connectivity index (χ0n) is 9.24. The molecular formula is C12H10N4O. The summed E-state index contributed by atoms with van der Waals surface area (Å²) in [7, 11) is 1.89. The summed E-state index contributed by atoms with van der Waals surface area (Å²) in [4.78, 5) is 8.37. The Kier molecular flexibility index (Phi) is 2.22. The molecule has 5 heteroatoms. The van der Waals surface area contributed by atoms with Gasteiger partial charge in [0.2, 0.25) is 5.82 Å². The van der Waals surface area contributed by atoms with Gasteiger partial charge in [-0.25, -0.2) is 4.98 Å². The van der Waals surface area contributed by atoms with E-state index in [0.29, 0.717) is 11.7 Å². The minimum atomic E-state index is 0.516. The van der Waals surface area contributed by atoms with Crippen LogP contribution in [0.15, 0.2) is 47.4 Å². The molecule has 0 spiro atoms. The van der Waals surface area contributed by atoms with Crippen molar-refractivity contribution in [1.82, 2.24) is 19.7 Å². The Labute approximate surface area is 97.7 Å². The number of imidazole rings is 1. The van der Waals surface area contributed by atoms with Gasteiger partial charge in [-0.15, -0.1) is 0 Å². The molecule has 0 amide bonds. The summed E-state index contributed by atoms with van der Waals surface area (Å²) in [6, 6.07) is 9.68. The van der Waals surface area contributed by atoms with E-state index in [2.05, 4.69) is 15.1 Å². The molecule has 0 fully saturated rings. The average Bonchev–Trinajstić information content (AvgIpc) is 2.98. The fourth-order valence-electron chi connectivity index (χ4n) is 1.60. The van der Waals surface area contributed by atoms with E-state index in [-0.39, 0.29) is 0 Å². The number of hydrogen-bond donors (Lipinski definition) is 0. The molecule has 0 atom stereocenters. The molecule has 0 aliphatic rings. The van der Waals surface area contributed by atoms with Crippen molar-refractivity contribution in [3.8, 4) is 23.0 Å². The topological polar surface area (TPSA) is 56.7 Å². The summed E-state index contributed by atoms with van der Waals surface area (Å²) in [6.45, 7) is 0. The van der Waals surface area contributed by atoms with E-state index in [9.17, 15) is 0 Å². The summed E-state index contributed by atoms with van der Waals surface area (Å²) < 4.78 is 7.07. The molecule has 0 radical (unpaired) electrons. The number of benzene rings is 1. The first-order valence-corrected chi connectivity index (χ1v) is 5.20. The molecule has 1 aromatic carbocycles. The highest BCUT2D eigenvalue weighted by Crippen LogP contribution is 2.20. The molecule has 0 N–H and O–H groups in total. The second kappa shape index (κ2) is 3.86. The first kappa shape index (κ1) is 9.77. The number of aromatic nitrogens is 4. The quantitative estimate of drug-likeness (QED) is 0.671. The van der Waals surface area contributed by atoms with Crippen LogP contribution in [0.1, 0.15) is 0 Å². The largest absolute Gasteiger partial charge is 0.334 e. The van der Waals surface area contributed by atoms with Gasteiger partial charge in [0.05, 0.1) is 12.5 Å². The van der Waals surface area contributed by atoms with Crippen molar-refractivity contribution < 1.29 is 4.52 Å². The van der Waals surface area contributed by atoms with E-state index in [4.69, 9.17) is 4.52 Å². The number of rotatable bonds is 2. The smallest absolute Gasteiger partial charge is 0.258 e.